The number of rotatable bonds is 5. The summed E-state index contributed by atoms with van der Waals surface area (Å²) < 4.78 is 24.7. The van der Waals surface area contributed by atoms with Gasteiger partial charge in [0.15, 0.2) is 0 Å². The summed E-state index contributed by atoms with van der Waals surface area (Å²) in [6.07, 6.45) is 0.0270. The van der Waals surface area contributed by atoms with Crippen molar-refractivity contribution in [1.82, 2.24) is 4.90 Å². The number of methoxy groups -OCH3 is 2. The molecule has 0 aliphatic carbocycles. The van der Waals surface area contributed by atoms with Crippen LogP contribution in [0.1, 0.15) is 11.1 Å². The lowest BCUT2D eigenvalue weighted by molar-refractivity contribution is -0.00461. The second-order valence-corrected chi connectivity index (χ2v) is 4.96. The van der Waals surface area contributed by atoms with E-state index >= 15 is 0 Å². The van der Waals surface area contributed by atoms with Crippen molar-refractivity contribution in [3.8, 4) is 0 Å². The Kier molecular flexibility index (Phi) is 4.69. The Balaban J connectivity index is 2.06. The van der Waals surface area contributed by atoms with Crippen molar-refractivity contribution in [3.63, 3.8) is 0 Å². The zero-order valence-corrected chi connectivity index (χ0v) is 11.7. The molecule has 5 nitrogen and oxygen atoms in total. The van der Waals surface area contributed by atoms with Crippen LogP contribution in [0.15, 0.2) is 18.2 Å². The van der Waals surface area contributed by atoms with Crippen molar-refractivity contribution < 1.29 is 13.9 Å². The highest BCUT2D eigenvalue weighted by molar-refractivity contribution is 5.94. The molecule has 20 heavy (non-hydrogen) atoms. The molecule has 1 aromatic carbocycles. The third-order valence-corrected chi connectivity index (χ3v) is 3.65. The van der Waals surface area contributed by atoms with Crippen LogP contribution in [0, 0.1) is 11.2 Å². The standard InChI is InChI=1S/C14H20FN3O2/c1-19-12-7-18(8-13(12)20-2)6-10-4-3-9(14(16)17)5-11(10)15/h3-5,12-13H,6-8H2,1-2H3,(H3,16,17). The van der Waals surface area contributed by atoms with Gasteiger partial charge in [-0.05, 0) is 6.07 Å². The SMILES string of the molecule is COC1CN(Cc2ccc(C(=N)N)cc2F)CC1OC. The lowest BCUT2D eigenvalue weighted by Crippen LogP contribution is -2.27. The monoisotopic (exact) mass is 281 g/mol. The second-order valence-electron chi connectivity index (χ2n) is 4.96. The van der Waals surface area contributed by atoms with E-state index in [9.17, 15) is 4.39 Å². The minimum atomic E-state index is -0.340. The maximum atomic E-state index is 14.0. The molecule has 110 valence electrons. The number of hydrogen-bond donors (Lipinski definition) is 2. The Morgan fingerprint density at radius 3 is 2.40 bits per heavy atom. The maximum Gasteiger partial charge on any atom is 0.128 e. The molecule has 0 aromatic heterocycles. The third kappa shape index (κ3) is 3.15. The van der Waals surface area contributed by atoms with E-state index in [0.29, 0.717) is 30.8 Å². The summed E-state index contributed by atoms with van der Waals surface area (Å²) >= 11 is 0. The molecule has 1 saturated heterocycles. The van der Waals surface area contributed by atoms with Crippen molar-refractivity contribution in [2.24, 2.45) is 5.73 Å². The second kappa shape index (κ2) is 6.30. The number of hydrogen-bond acceptors (Lipinski definition) is 4. The maximum absolute atomic E-state index is 14.0. The van der Waals surface area contributed by atoms with Gasteiger partial charge in [0.05, 0.1) is 12.2 Å². The number of likely N-dealkylation sites (tertiary alicyclic amines) is 1. The summed E-state index contributed by atoms with van der Waals surface area (Å²) in [5.74, 6) is -0.469. The molecule has 0 bridgehead atoms. The molecule has 2 rings (SSSR count). The fourth-order valence-corrected chi connectivity index (χ4v) is 2.48. The summed E-state index contributed by atoms with van der Waals surface area (Å²) in [4.78, 5) is 2.09. The van der Waals surface area contributed by atoms with E-state index < -0.39 is 0 Å². The Morgan fingerprint density at radius 2 is 1.95 bits per heavy atom. The molecule has 1 fully saturated rings. The van der Waals surface area contributed by atoms with Gasteiger partial charge in [-0.3, -0.25) is 10.3 Å². The molecule has 3 N–H and O–H groups in total. The van der Waals surface area contributed by atoms with Crippen LogP contribution in [0.25, 0.3) is 0 Å². The summed E-state index contributed by atoms with van der Waals surface area (Å²) in [5.41, 5.74) is 6.33. The van der Waals surface area contributed by atoms with Crippen molar-refractivity contribution in [3.05, 3.63) is 35.1 Å². The van der Waals surface area contributed by atoms with Crippen molar-refractivity contribution >= 4 is 5.84 Å². The molecule has 1 aliphatic heterocycles. The van der Waals surface area contributed by atoms with E-state index in [4.69, 9.17) is 20.6 Å². The third-order valence-electron chi connectivity index (χ3n) is 3.65. The number of nitrogens with two attached hydrogens (primary N) is 1. The Labute approximate surface area is 118 Å². The predicted octanol–water partition coefficient (Wildman–Crippen LogP) is 0.955. The van der Waals surface area contributed by atoms with Gasteiger partial charge in [-0.25, -0.2) is 4.39 Å². The Morgan fingerprint density at radius 1 is 1.35 bits per heavy atom. The van der Waals surface area contributed by atoms with Gasteiger partial charge in [0.2, 0.25) is 0 Å². The van der Waals surface area contributed by atoms with E-state index in [-0.39, 0.29) is 23.9 Å². The number of amidine groups is 1. The van der Waals surface area contributed by atoms with Crippen LogP contribution in [0.2, 0.25) is 0 Å². The minimum Gasteiger partial charge on any atom is -0.384 e. The molecule has 0 radical (unpaired) electrons. The average molecular weight is 281 g/mol. The zero-order valence-electron chi connectivity index (χ0n) is 11.7. The van der Waals surface area contributed by atoms with E-state index in [2.05, 4.69) is 4.90 Å². The van der Waals surface area contributed by atoms with E-state index in [1.165, 1.54) is 6.07 Å². The smallest absolute Gasteiger partial charge is 0.128 e. The molecule has 6 heteroatoms. The van der Waals surface area contributed by atoms with Gasteiger partial charge >= 0.3 is 0 Å². The minimum absolute atomic E-state index is 0.0135. The molecule has 2 unspecified atom stereocenters. The Hall–Kier alpha value is -1.50. The van der Waals surface area contributed by atoms with Crippen LogP contribution in [0.3, 0.4) is 0 Å². The number of benzene rings is 1. The van der Waals surface area contributed by atoms with Gasteiger partial charge in [0.1, 0.15) is 11.7 Å². The molecule has 1 heterocycles. The first kappa shape index (κ1) is 14.9. The number of nitrogen functional groups attached to an aromatic ring is 1. The van der Waals surface area contributed by atoms with Gasteiger partial charge in [0, 0.05) is 45.0 Å². The van der Waals surface area contributed by atoms with Crippen LogP contribution in [0.4, 0.5) is 4.39 Å². The largest absolute Gasteiger partial charge is 0.384 e. The first-order chi connectivity index (χ1) is 9.55. The summed E-state index contributed by atoms with van der Waals surface area (Å²) in [6.45, 7) is 1.91. The van der Waals surface area contributed by atoms with Crippen LogP contribution in [-0.2, 0) is 16.0 Å². The van der Waals surface area contributed by atoms with Crippen LogP contribution >= 0.6 is 0 Å². The van der Waals surface area contributed by atoms with E-state index in [1.54, 1.807) is 26.4 Å². The number of halogens is 1. The van der Waals surface area contributed by atoms with Gasteiger partial charge in [-0.15, -0.1) is 0 Å². The molecule has 1 aromatic rings. The van der Waals surface area contributed by atoms with Gasteiger partial charge in [-0.1, -0.05) is 12.1 Å². The van der Waals surface area contributed by atoms with Crippen LogP contribution in [0.5, 0.6) is 0 Å². The normalized spacial score (nSPS) is 23.1. The fourth-order valence-electron chi connectivity index (χ4n) is 2.48. The van der Waals surface area contributed by atoms with E-state index in [0.717, 1.165) is 0 Å². The molecule has 1 aliphatic rings. The Bertz CT molecular complexity index is 483. The molecular formula is C14H20FN3O2. The summed E-state index contributed by atoms with van der Waals surface area (Å²) in [6, 6.07) is 4.64. The quantitative estimate of drug-likeness (QED) is 0.623. The van der Waals surface area contributed by atoms with E-state index in [1.807, 2.05) is 0 Å². The summed E-state index contributed by atoms with van der Waals surface area (Å²) in [7, 11) is 3.31. The van der Waals surface area contributed by atoms with Gasteiger partial charge < -0.3 is 15.2 Å². The predicted molar refractivity (Wildman–Crippen MR) is 74.3 cm³/mol. The first-order valence-corrected chi connectivity index (χ1v) is 6.46. The van der Waals surface area contributed by atoms with Crippen molar-refractivity contribution in [1.29, 1.82) is 5.41 Å². The number of nitrogens with zero attached hydrogens (tertiary/aromatic N) is 1. The fraction of sp³-hybridized carbons (Fsp3) is 0.500. The van der Waals surface area contributed by atoms with Gasteiger partial charge in [-0.2, -0.15) is 0 Å². The van der Waals surface area contributed by atoms with Crippen LogP contribution < -0.4 is 5.73 Å². The lowest BCUT2D eigenvalue weighted by Gasteiger charge is -2.16. The molecule has 0 spiro atoms. The molecule has 0 saturated carbocycles. The molecule has 2 atom stereocenters. The van der Waals surface area contributed by atoms with Gasteiger partial charge in [0.25, 0.3) is 0 Å². The average Bonchev–Trinajstić information content (AvgIpc) is 2.83. The summed E-state index contributed by atoms with van der Waals surface area (Å²) in [5, 5.41) is 7.30. The molecular weight excluding hydrogens is 261 g/mol. The van der Waals surface area contributed by atoms with Crippen molar-refractivity contribution in [2.75, 3.05) is 27.3 Å². The highest BCUT2D eigenvalue weighted by Gasteiger charge is 2.33. The topological polar surface area (TPSA) is 71.6 Å². The lowest BCUT2D eigenvalue weighted by atomic mass is 10.1. The highest BCUT2D eigenvalue weighted by atomic mass is 19.1. The molecule has 0 amide bonds. The zero-order chi connectivity index (χ0) is 14.7. The number of nitrogens with one attached hydrogen (secondary N) is 1. The first-order valence-electron chi connectivity index (χ1n) is 6.46. The van der Waals surface area contributed by atoms with Crippen LogP contribution in [-0.4, -0.2) is 50.3 Å². The van der Waals surface area contributed by atoms with Crippen molar-refractivity contribution in [2.45, 2.75) is 18.8 Å². The number of ether oxygens (including phenoxy) is 2. The highest BCUT2D eigenvalue weighted by Crippen LogP contribution is 2.20.